The van der Waals surface area contributed by atoms with Crippen LogP contribution in [0.15, 0.2) is 16.9 Å². The second kappa shape index (κ2) is 10.7. The number of ether oxygens (including phenoxy) is 1. The number of carboxylic acid groups (broad SMARTS) is 1. The third kappa shape index (κ3) is 5.66. The molecule has 4 rings (SSSR count). The van der Waals surface area contributed by atoms with Gasteiger partial charge >= 0.3 is 0 Å². The van der Waals surface area contributed by atoms with E-state index in [0.29, 0.717) is 31.0 Å². The monoisotopic (exact) mass is 434 g/mol. The molecular formula is C19H26N6O6. The first-order valence-electron chi connectivity index (χ1n) is 10.1. The van der Waals surface area contributed by atoms with Gasteiger partial charge in [0.15, 0.2) is 0 Å². The van der Waals surface area contributed by atoms with Gasteiger partial charge in [-0.1, -0.05) is 10.3 Å². The van der Waals surface area contributed by atoms with Crippen LogP contribution in [0.5, 0.6) is 0 Å². The summed E-state index contributed by atoms with van der Waals surface area (Å²) in [5.41, 5.74) is 2.08. The second-order valence-electron chi connectivity index (χ2n) is 7.45. The van der Waals surface area contributed by atoms with Gasteiger partial charge in [0.1, 0.15) is 11.4 Å². The molecule has 3 heterocycles. The molecule has 1 aliphatic heterocycles. The first kappa shape index (κ1) is 22.4. The van der Waals surface area contributed by atoms with E-state index in [-0.39, 0.29) is 49.3 Å². The van der Waals surface area contributed by atoms with Crippen LogP contribution >= 0.6 is 0 Å². The van der Waals surface area contributed by atoms with E-state index in [1.54, 1.807) is 19.2 Å². The standard InChI is InChI=1S/C18H24N6O4.CH2O2/c1-11-14(23-28-22-11)10-19-18(26)12-2-3-16-15(8-12)24(6-7-27-16)17(25)9-13-4-5-20-21-13;2-1-3/h4-5,12,15-16H,2-3,6-10H2,1H3,(H,19,26)(H,20,21);1H,(H,2,3)/t12-,15+,16+;/m0./s1. The SMILES string of the molecule is Cc1nonc1CNC(=O)[C@H]1CC[C@H]2OCCN(C(=O)Cc3ccn[nH]3)[C@@H]2C1.O=CO. The Kier molecular flexibility index (Phi) is 7.70. The maximum absolute atomic E-state index is 12.8. The van der Waals surface area contributed by atoms with Crippen LogP contribution in [-0.4, -0.2) is 74.1 Å². The number of nitrogens with one attached hydrogen (secondary N) is 2. The highest BCUT2D eigenvalue weighted by atomic mass is 16.6. The molecule has 168 valence electrons. The average molecular weight is 434 g/mol. The van der Waals surface area contributed by atoms with Gasteiger partial charge < -0.3 is 20.1 Å². The molecule has 3 atom stereocenters. The van der Waals surface area contributed by atoms with E-state index in [1.807, 2.05) is 4.90 Å². The molecule has 0 radical (unpaired) electrons. The van der Waals surface area contributed by atoms with Crippen LogP contribution in [0.4, 0.5) is 0 Å². The summed E-state index contributed by atoms with van der Waals surface area (Å²) in [5.74, 6) is -0.161. The number of nitrogens with zero attached hydrogens (tertiary/aromatic N) is 4. The summed E-state index contributed by atoms with van der Waals surface area (Å²) >= 11 is 0. The van der Waals surface area contributed by atoms with Crippen LogP contribution in [0.25, 0.3) is 0 Å². The third-order valence-corrected chi connectivity index (χ3v) is 5.59. The lowest BCUT2D eigenvalue weighted by Gasteiger charge is -2.45. The van der Waals surface area contributed by atoms with Crippen LogP contribution in [0, 0.1) is 12.8 Å². The zero-order valence-corrected chi connectivity index (χ0v) is 17.2. The van der Waals surface area contributed by atoms with Gasteiger partial charge in [-0.15, -0.1) is 0 Å². The van der Waals surface area contributed by atoms with Crippen molar-refractivity contribution in [3.63, 3.8) is 0 Å². The first-order chi connectivity index (χ1) is 15.0. The van der Waals surface area contributed by atoms with E-state index in [1.165, 1.54) is 0 Å². The van der Waals surface area contributed by atoms with Crippen molar-refractivity contribution in [1.29, 1.82) is 0 Å². The fraction of sp³-hybridized carbons (Fsp3) is 0.579. The number of morpholine rings is 1. The van der Waals surface area contributed by atoms with Crippen LogP contribution < -0.4 is 5.32 Å². The molecule has 3 N–H and O–H groups in total. The molecule has 2 fully saturated rings. The van der Waals surface area contributed by atoms with E-state index < -0.39 is 0 Å². The highest BCUT2D eigenvalue weighted by Crippen LogP contribution is 2.32. The average Bonchev–Trinajstić information content (AvgIpc) is 3.43. The summed E-state index contributed by atoms with van der Waals surface area (Å²) in [4.78, 5) is 35.7. The van der Waals surface area contributed by atoms with Crippen LogP contribution in [0.2, 0.25) is 0 Å². The second-order valence-corrected chi connectivity index (χ2v) is 7.45. The Morgan fingerprint density at radius 2 is 2.19 bits per heavy atom. The van der Waals surface area contributed by atoms with Gasteiger partial charge in [0.25, 0.3) is 6.47 Å². The zero-order chi connectivity index (χ0) is 22.2. The smallest absolute Gasteiger partial charge is 0.290 e. The molecule has 1 aliphatic carbocycles. The van der Waals surface area contributed by atoms with E-state index in [2.05, 4.69) is 30.5 Å². The predicted octanol–water partition coefficient (Wildman–Crippen LogP) is 0.0569. The van der Waals surface area contributed by atoms with Crippen LogP contribution in [0.1, 0.15) is 36.3 Å². The lowest BCUT2D eigenvalue weighted by atomic mass is 9.81. The Morgan fingerprint density at radius 1 is 1.39 bits per heavy atom. The van der Waals surface area contributed by atoms with Gasteiger partial charge in [0.05, 0.1) is 31.7 Å². The molecule has 2 aliphatic rings. The number of aromatic nitrogens is 4. The maximum atomic E-state index is 12.8. The molecule has 0 aromatic carbocycles. The minimum absolute atomic E-state index is 0.00879. The maximum Gasteiger partial charge on any atom is 0.290 e. The van der Waals surface area contributed by atoms with Gasteiger partial charge in [-0.25, -0.2) is 4.63 Å². The number of aromatic amines is 1. The van der Waals surface area contributed by atoms with Gasteiger partial charge in [0, 0.05) is 24.4 Å². The Bertz CT molecular complexity index is 869. The molecule has 2 amide bonds. The molecule has 0 unspecified atom stereocenters. The first-order valence-corrected chi connectivity index (χ1v) is 10.1. The fourth-order valence-corrected chi connectivity index (χ4v) is 4.03. The molecule has 31 heavy (non-hydrogen) atoms. The molecule has 2 aromatic heterocycles. The molecule has 0 spiro atoms. The van der Waals surface area contributed by atoms with Gasteiger partial charge in [-0.3, -0.25) is 19.5 Å². The van der Waals surface area contributed by atoms with Crippen molar-refractivity contribution in [2.75, 3.05) is 13.2 Å². The normalized spacial score (nSPS) is 22.6. The fourth-order valence-electron chi connectivity index (χ4n) is 4.03. The van der Waals surface area contributed by atoms with Crippen molar-refractivity contribution in [2.45, 2.75) is 51.3 Å². The van der Waals surface area contributed by atoms with Gasteiger partial charge in [-0.05, 0) is 32.3 Å². The number of aryl methyl sites for hydroxylation is 1. The minimum atomic E-state index is -0.250. The lowest BCUT2D eigenvalue weighted by molar-refractivity contribution is -0.153. The third-order valence-electron chi connectivity index (χ3n) is 5.59. The predicted molar refractivity (Wildman–Crippen MR) is 104 cm³/mol. The molecule has 0 bridgehead atoms. The summed E-state index contributed by atoms with van der Waals surface area (Å²) in [6.07, 6.45) is 4.01. The number of rotatable bonds is 5. The van der Waals surface area contributed by atoms with E-state index in [4.69, 9.17) is 14.6 Å². The van der Waals surface area contributed by atoms with Crippen molar-refractivity contribution < 1.29 is 28.9 Å². The summed E-state index contributed by atoms with van der Waals surface area (Å²) in [6.45, 7) is 2.90. The summed E-state index contributed by atoms with van der Waals surface area (Å²) in [6, 6.07) is 1.72. The largest absolute Gasteiger partial charge is 0.483 e. The number of carbonyl (C=O) groups excluding carboxylic acids is 2. The Balaban J connectivity index is 0.000000858. The summed E-state index contributed by atoms with van der Waals surface area (Å²) < 4.78 is 10.5. The van der Waals surface area contributed by atoms with Crippen molar-refractivity contribution >= 4 is 18.3 Å². The molecule has 1 saturated heterocycles. The highest BCUT2D eigenvalue weighted by molar-refractivity contribution is 5.80. The van der Waals surface area contributed by atoms with Crippen molar-refractivity contribution in [3.05, 3.63) is 29.3 Å². The quantitative estimate of drug-likeness (QED) is 0.552. The van der Waals surface area contributed by atoms with Crippen molar-refractivity contribution in [3.8, 4) is 0 Å². The number of hydrogen-bond donors (Lipinski definition) is 3. The molecule has 12 nitrogen and oxygen atoms in total. The van der Waals surface area contributed by atoms with Gasteiger partial charge in [0.2, 0.25) is 11.8 Å². The number of amides is 2. The molecule has 2 aromatic rings. The Morgan fingerprint density at radius 3 is 2.87 bits per heavy atom. The van der Waals surface area contributed by atoms with Crippen molar-refractivity contribution in [2.24, 2.45) is 5.92 Å². The number of hydrogen-bond acceptors (Lipinski definition) is 8. The highest BCUT2D eigenvalue weighted by Gasteiger charge is 2.41. The van der Waals surface area contributed by atoms with Gasteiger partial charge in [-0.2, -0.15) is 5.10 Å². The lowest BCUT2D eigenvalue weighted by Crippen LogP contribution is -2.57. The zero-order valence-electron chi connectivity index (χ0n) is 17.2. The summed E-state index contributed by atoms with van der Waals surface area (Å²) in [7, 11) is 0. The minimum Gasteiger partial charge on any atom is -0.483 e. The van der Waals surface area contributed by atoms with E-state index >= 15 is 0 Å². The Labute approximate surface area is 178 Å². The van der Waals surface area contributed by atoms with E-state index in [0.717, 1.165) is 18.5 Å². The Hall–Kier alpha value is -3.28. The topological polar surface area (TPSA) is 164 Å². The number of carbonyl (C=O) groups is 3. The van der Waals surface area contributed by atoms with Crippen LogP contribution in [0.3, 0.4) is 0 Å². The molecule has 12 heteroatoms. The molecule has 1 saturated carbocycles. The number of fused-ring (bicyclic) bond motifs is 1. The summed E-state index contributed by atoms with van der Waals surface area (Å²) in [5, 5.41) is 24.0. The van der Waals surface area contributed by atoms with Crippen molar-refractivity contribution in [1.82, 2.24) is 30.7 Å². The van der Waals surface area contributed by atoms with Crippen LogP contribution in [-0.2, 0) is 32.1 Å². The number of H-pyrrole nitrogens is 1. The molecular weight excluding hydrogens is 408 g/mol. The van der Waals surface area contributed by atoms with E-state index in [9.17, 15) is 9.59 Å².